The maximum Gasteiger partial charge on any atom is 0.277 e. The quantitative estimate of drug-likeness (QED) is 0.588. The molecule has 0 aliphatic heterocycles. The second-order valence-electron chi connectivity index (χ2n) is 7.70. The van der Waals surface area contributed by atoms with Crippen LogP contribution in [-0.4, -0.2) is 33.0 Å². The summed E-state index contributed by atoms with van der Waals surface area (Å²) in [5.41, 5.74) is 1.53. The van der Waals surface area contributed by atoms with Gasteiger partial charge in [0.2, 0.25) is 5.91 Å². The second kappa shape index (κ2) is 10.0. The minimum absolute atomic E-state index is 0.0310. The minimum Gasteiger partial charge on any atom is -0.491 e. The molecule has 30 heavy (non-hydrogen) atoms. The van der Waals surface area contributed by atoms with Crippen LogP contribution in [0.25, 0.3) is 10.9 Å². The van der Waals surface area contributed by atoms with E-state index in [1.165, 1.54) is 10.2 Å². The van der Waals surface area contributed by atoms with Gasteiger partial charge in [-0.3, -0.25) is 9.59 Å². The molecule has 2 aromatic carbocycles. The van der Waals surface area contributed by atoms with Crippen molar-refractivity contribution in [3.05, 3.63) is 64.4 Å². The highest BCUT2D eigenvalue weighted by atomic mass is 16.5. The van der Waals surface area contributed by atoms with Gasteiger partial charge in [-0.1, -0.05) is 29.5 Å². The molecular formula is C23H28N4O3. The third-order valence-electron chi connectivity index (χ3n) is 4.75. The number of fused-ring (bicyclic) bond motifs is 1. The third-order valence-corrected chi connectivity index (χ3v) is 4.75. The van der Waals surface area contributed by atoms with Crippen LogP contribution >= 0.6 is 0 Å². The van der Waals surface area contributed by atoms with Crippen molar-refractivity contribution < 1.29 is 9.53 Å². The summed E-state index contributed by atoms with van der Waals surface area (Å²) in [7, 11) is 0. The Morgan fingerprint density at radius 2 is 1.83 bits per heavy atom. The Hall–Kier alpha value is -3.22. The van der Waals surface area contributed by atoms with Gasteiger partial charge in [0, 0.05) is 12.5 Å². The highest BCUT2D eigenvalue weighted by Crippen LogP contribution is 2.15. The van der Waals surface area contributed by atoms with E-state index in [2.05, 4.69) is 27.8 Å². The summed E-state index contributed by atoms with van der Waals surface area (Å²) in [5.74, 6) is 0.757. The highest BCUT2D eigenvalue weighted by molar-refractivity contribution is 5.77. The fourth-order valence-corrected chi connectivity index (χ4v) is 3.19. The highest BCUT2D eigenvalue weighted by Gasteiger charge is 2.10. The Balaban J connectivity index is 1.46. The van der Waals surface area contributed by atoms with Gasteiger partial charge in [-0.05, 0) is 63.4 Å². The van der Waals surface area contributed by atoms with Crippen LogP contribution < -0.4 is 15.6 Å². The van der Waals surface area contributed by atoms with Crippen LogP contribution in [0.3, 0.4) is 0 Å². The maximum atomic E-state index is 12.4. The molecule has 0 fully saturated rings. The number of nitrogens with zero attached hydrogens (tertiary/aromatic N) is 3. The lowest BCUT2D eigenvalue weighted by atomic mass is 10.1. The van der Waals surface area contributed by atoms with Crippen molar-refractivity contribution in [1.29, 1.82) is 0 Å². The Morgan fingerprint density at radius 1 is 1.10 bits per heavy atom. The van der Waals surface area contributed by atoms with Gasteiger partial charge in [-0.25, -0.2) is 4.68 Å². The van der Waals surface area contributed by atoms with Gasteiger partial charge in [0.05, 0.1) is 18.0 Å². The number of benzene rings is 2. The average molecular weight is 409 g/mol. The zero-order valence-electron chi connectivity index (χ0n) is 17.7. The molecule has 0 aliphatic rings. The molecule has 0 saturated carbocycles. The van der Waals surface area contributed by atoms with E-state index in [1.54, 1.807) is 18.2 Å². The van der Waals surface area contributed by atoms with Crippen LogP contribution in [0, 0.1) is 0 Å². The van der Waals surface area contributed by atoms with E-state index in [1.807, 2.05) is 39.0 Å². The van der Waals surface area contributed by atoms with Gasteiger partial charge in [-0.2, -0.15) is 0 Å². The van der Waals surface area contributed by atoms with Crippen molar-refractivity contribution in [2.75, 3.05) is 0 Å². The Kier molecular flexibility index (Phi) is 7.17. The van der Waals surface area contributed by atoms with Crippen LogP contribution in [0.4, 0.5) is 0 Å². The SMILES string of the molecule is CC(CCc1ccc(OC(C)C)cc1)NC(=O)CCn1nnc2ccccc2c1=O. The molecule has 1 aromatic heterocycles. The summed E-state index contributed by atoms with van der Waals surface area (Å²) < 4.78 is 6.90. The molecule has 1 amide bonds. The Labute approximate surface area is 176 Å². The fraction of sp³-hybridized carbons (Fsp3) is 0.391. The zero-order valence-corrected chi connectivity index (χ0v) is 17.7. The molecule has 1 heterocycles. The van der Waals surface area contributed by atoms with Crippen LogP contribution in [0.5, 0.6) is 5.75 Å². The predicted octanol–water partition coefficient (Wildman–Crippen LogP) is 3.11. The van der Waals surface area contributed by atoms with Crippen molar-refractivity contribution in [2.45, 2.75) is 58.7 Å². The lowest BCUT2D eigenvalue weighted by Gasteiger charge is -2.14. The summed E-state index contributed by atoms with van der Waals surface area (Å²) in [4.78, 5) is 24.7. The summed E-state index contributed by atoms with van der Waals surface area (Å²) in [6.45, 7) is 6.19. The molecular weight excluding hydrogens is 380 g/mol. The summed E-state index contributed by atoms with van der Waals surface area (Å²) in [6, 6.07) is 15.1. The number of carbonyl (C=O) groups excluding carboxylic acids is 1. The van der Waals surface area contributed by atoms with Crippen molar-refractivity contribution in [3.63, 3.8) is 0 Å². The standard InChI is InChI=1S/C23H28N4O3/c1-16(2)30-19-12-10-18(11-13-19)9-8-17(3)24-22(28)14-15-27-23(29)20-6-4-5-7-21(20)25-26-27/h4-7,10-13,16-17H,8-9,14-15H2,1-3H3,(H,24,28). The van der Waals surface area contributed by atoms with Crippen molar-refractivity contribution in [3.8, 4) is 5.75 Å². The minimum atomic E-state index is -0.230. The summed E-state index contributed by atoms with van der Waals surface area (Å²) >= 11 is 0. The molecule has 1 N–H and O–H groups in total. The fourth-order valence-electron chi connectivity index (χ4n) is 3.19. The molecule has 7 heteroatoms. The normalized spacial score (nSPS) is 12.1. The van der Waals surface area contributed by atoms with Crippen LogP contribution in [0.2, 0.25) is 0 Å². The monoisotopic (exact) mass is 408 g/mol. The molecule has 0 radical (unpaired) electrons. The molecule has 3 aromatic rings. The third kappa shape index (κ3) is 5.89. The van der Waals surface area contributed by atoms with Crippen molar-refractivity contribution >= 4 is 16.8 Å². The number of hydrogen-bond acceptors (Lipinski definition) is 5. The van der Waals surface area contributed by atoms with Crippen LogP contribution in [0.1, 0.15) is 39.2 Å². The van der Waals surface area contributed by atoms with E-state index in [0.29, 0.717) is 10.9 Å². The molecule has 7 nitrogen and oxygen atoms in total. The molecule has 1 atom stereocenters. The molecule has 0 bridgehead atoms. The largest absolute Gasteiger partial charge is 0.491 e. The predicted molar refractivity (Wildman–Crippen MR) is 117 cm³/mol. The van der Waals surface area contributed by atoms with Gasteiger partial charge in [0.15, 0.2) is 0 Å². The van der Waals surface area contributed by atoms with Gasteiger partial charge in [0.25, 0.3) is 5.56 Å². The van der Waals surface area contributed by atoms with E-state index in [-0.39, 0.29) is 36.6 Å². The Morgan fingerprint density at radius 3 is 2.57 bits per heavy atom. The smallest absolute Gasteiger partial charge is 0.277 e. The molecule has 1 unspecified atom stereocenters. The topological polar surface area (TPSA) is 86.1 Å². The maximum absolute atomic E-state index is 12.4. The van der Waals surface area contributed by atoms with Crippen LogP contribution in [0.15, 0.2) is 53.3 Å². The number of amides is 1. The number of nitrogens with one attached hydrogen (secondary N) is 1. The molecule has 0 saturated heterocycles. The van der Waals surface area contributed by atoms with E-state index < -0.39 is 0 Å². The van der Waals surface area contributed by atoms with Crippen LogP contribution in [-0.2, 0) is 17.8 Å². The first-order valence-electron chi connectivity index (χ1n) is 10.3. The first-order chi connectivity index (χ1) is 14.4. The first-order valence-corrected chi connectivity index (χ1v) is 10.3. The number of carbonyl (C=O) groups is 1. The second-order valence-corrected chi connectivity index (χ2v) is 7.70. The Bertz CT molecular complexity index is 1040. The first kappa shape index (κ1) is 21.5. The molecule has 0 aliphatic carbocycles. The van der Waals surface area contributed by atoms with E-state index >= 15 is 0 Å². The molecule has 158 valence electrons. The average Bonchev–Trinajstić information content (AvgIpc) is 2.72. The molecule has 3 rings (SSSR count). The number of aryl methyl sites for hydroxylation is 2. The summed E-state index contributed by atoms with van der Waals surface area (Å²) in [6.07, 6.45) is 2.02. The van der Waals surface area contributed by atoms with Gasteiger partial charge in [-0.15, -0.1) is 5.10 Å². The van der Waals surface area contributed by atoms with E-state index in [4.69, 9.17) is 4.74 Å². The number of hydrogen-bond donors (Lipinski definition) is 1. The summed E-state index contributed by atoms with van der Waals surface area (Å²) in [5, 5.41) is 11.5. The number of ether oxygens (including phenoxy) is 1. The van der Waals surface area contributed by atoms with E-state index in [0.717, 1.165) is 18.6 Å². The van der Waals surface area contributed by atoms with Crippen molar-refractivity contribution in [1.82, 2.24) is 20.3 Å². The van der Waals surface area contributed by atoms with Gasteiger partial charge in [0.1, 0.15) is 11.3 Å². The number of rotatable bonds is 9. The number of aromatic nitrogens is 3. The van der Waals surface area contributed by atoms with Gasteiger partial charge < -0.3 is 10.1 Å². The van der Waals surface area contributed by atoms with E-state index in [9.17, 15) is 9.59 Å². The van der Waals surface area contributed by atoms with Crippen molar-refractivity contribution in [2.24, 2.45) is 0 Å². The zero-order chi connectivity index (χ0) is 21.5. The lowest BCUT2D eigenvalue weighted by molar-refractivity contribution is -0.122. The molecule has 0 spiro atoms. The van der Waals surface area contributed by atoms with Gasteiger partial charge >= 0.3 is 0 Å². The lowest BCUT2D eigenvalue weighted by Crippen LogP contribution is -2.34.